The molecule has 3 rings (SSSR count). The van der Waals surface area contributed by atoms with Gasteiger partial charge in [0.25, 0.3) is 0 Å². The maximum atomic E-state index is 12.5. The van der Waals surface area contributed by atoms with Crippen LogP contribution in [0.5, 0.6) is 5.75 Å². The summed E-state index contributed by atoms with van der Waals surface area (Å²) in [5.41, 5.74) is 0. The summed E-state index contributed by atoms with van der Waals surface area (Å²) in [6.45, 7) is 4.39. The third kappa shape index (κ3) is 5.03. The first kappa shape index (κ1) is 20.6. The van der Waals surface area contributed by atoms with Crippen molar-refractivity contribution in [2.45, 2.75) is 24.7 Å². The van der Waals surface area contributed by atoms with E-state index in [2.05, 4.69) is 24.9 Å². The zero-order valence-electron chi connectivity index (χ0n) is 15.9. The first-order valence-electron chi connectivity index (χ1n) is 9.07. The van der Waals surface area contributed by atoms with E-state index in [9.17, 15) is 8.42 Å². The normalized spacial score (nSPS) is 14.3. The number of methoxy groups -OCH3 is 1. The Morgan fingerprint density at radius 3 is 2.64 bits per heavy atom. The first-order chi connectivity index (χ1) is 13.4. The Morgan fingerprint density at radius 1 is 1.18 bits per heavy atom. The quantitative estimate of drug-likeness (QED) is 0.627. The average molecular weight is 426 g/mol. The Balaban J connectivity index is 1.60. The highest BCUT2D eigenvalue weighted by Crippen LogP contribution is 2.26. The second-order valence-electron chi connectivity index (χ2n) is 6.47. The van der Waals surface area contributed by atoms with E-state index in [1.807, 2.05) is 13.0 Å². The van der Waals surface area contributed by atoms with Crippen LogP contribution in [0.15, 0.2) is 29.2 Å². The van der Waals surface area contributed by atoms with E-state index >= 15 is 0 Å². The van der Waals surface area contributed by atoms with Crippen LogP contribution in [0, 0.1) is 6.92 Å². The highest BCUT2D eigenvalue weighted by molar-refractivity contribution is 7.89. The van der Waals surface area contributed by atoms with Crippen LogP contribution in [0.4, 0.5) is 11.6 Å². The molecule has 0 saturated carbocycles. The summed E-state index contributed by atoms with van der Waals surface area (Å²) in [7, 11) is -2.33. The molecule has 1 aromatic carbocycles. The largest absolute Gasteiger partial charge is 0.495 e. The van der Waals surface area contributed by atoms with E-state index in [4.69, 9.17) is 16.3 Å². The third-order valence-corrected chi connectivity index (χ3v) is 6.11. The van der Waals surface area contributed by atoms with E-state index in [0.717, 1.165) is 18.9 Å². The van der Waals surface area contributed by atoms with Gasteiger partial charge in [0.1, 0.15) is 28.1 Å². The number of hydrogen-bond acceptors (Lipinski definition) is 7. The number of aryl methyl sites for hydroxylation is 1. The minimum absolute atomic E-state index is 0.0108. The molecule has 0 radical (unpaired) electrons. The van der Waals surface area contributed by atoms with Crippen molar-refractivity contribution in [1.82, 2.24) is 14.7 Å². The van der Waals surface area contributed by atoms with Crippen LogP contribution >= 0.6 is 11.6 Å². The lowest BCUT2D eigenvalue weighted by molar-refractivity contribution is 0.402. The second-order valence-corrected chi connectivity index (χ2v) is 8.64. The Hall–Kier alpha value is -2.10. The molecule has 0 atom stereocenters. The summed E-state index contributed by atoms with van der Waals surface area (Å²) in [6.07, 6.45) is 2.33. The molecule has 1 aliphatic rings. The van der Waals surface area contributed by atoms with Crippen LogP contribution in [0.3, 0.4) is 0 Å². The van der Waals surface area contributed by atoms with Crippen LogP contribution in [0.1, 0.15) is 18.7 Å². The van der Waals surface area contributed by atoms with Crippen LogP contribution in [-0.4, -0.2) is 51.7 Å². The zero-order valence-corrected chi connectivity index (χ0v) is 17.5. The fraction of sp³-hybridized carbons (Fsp3) is 0.444. The minimum atomic E-state index is -3.75. The van der Waals surface area contributed by atoms with Crippen LogP contribution < -0.4 is 19.7 Å². The number of rotatable bonds is 8. The monoisotopic (exact) mass is 425 g/mol. The van der Waals surface area contributed by atoms with Gasteiger partial charge in [0.2, 0.25) is 10.0 Å². The molecule has 2 N–H and O–H groups in total. The van der Waals surface area contributed by atoms with E-state index in [1.165, 1.54) is 32.1 Å². The molecular formula is C18H24ClN5O3S. The number of benzene rings is 1. The predicted molar refractivity (Wildman–Crippen MR) is 110 cm³/mol. The molecule has 0 bridgehead atoms. The van der Waals surface area contributed by atoms with Crippen molar-refractivity contribution >= 4 is 33.3 Å². The number of ether oxygens (including phenoxy) is 1. The smallest absolute Gasteiger partial charge is 0.244 e. The SMILES string of the molecule is COc1ccc(Cl)cc1S(=O)(=O)NCCNc1cc(N2CCCC2)nc(C)n1. The van der Waals surface area contributed by atoms with Crippen molar-refractivity contribution < 1.29 is 13.2 Å². The van der Waals surface area contributed by atoms with Gasteiger partial charge >= 0.3 is 0 Å². The van der Waals surface area contributed by atoms with Crippen molar-refractivity contribution in [1.29, 1.82) is 0 Å². The van der Waals surface area contributed by atoms with Gasteiger partial charge < -0.3 is 15.0 Å². The van der Waals surface area contributed by atoms with Gasteiger partial charge in [0.15, 0.2) is 0 Å². The molecule has 0 unspecified atom stereocenters. The van der Waals surface area contributed by atoms with Gasteiger partial charge in [-0.25, -0.2) is 23.1 Å². The fourth-order valence-corrected chi connectivity index (χ4v) is 4.53. The first-order valence-corrected chi connectivity index (χ1v) is 10.9. The van der Waals surface area contributed by atoms with Crippen molar-refractivity contribution in [2.24, 2.45) is 0 Å². The molecule has 8 nitrogen and oxygen atoms in total. The molecule has 1 aromatic heterocycles. The summed E-state index contributed by atoms with van der Waals surface area (Å²) in [4.78, 5) is 11.1. The molecule has 28 heavy (non-hydrogen) atoms. The van der Waals surface area contributed by atoms with Gasteiger partial charge in [0.05, 0.1) is 7.11 Å². The van der Waals surface area contributed by atoms with Crippen molar-refractivity contribution in [2.75, 3.05) is 43.5 Å². The van der Waals surface area contributed by atoms with Crippen molar-refractivity contribution in [3.05, 3.63) is 35.1 Å². The number of halogens is 1. The lowest BCUT2D eigenvalue weighted by atomic mass is 10.3. The summed E-state index contributed by atoms with van der Waals surface area (Å²) in [6, 6.07) is 6.37. The van der Waals surface area contributed by atoms with Crippen molar-refractivity contribution in [3.8, 4) is 5.75 Å². The Morgan fingerprint density at radius 2 is 1.93 bits per heavy atom. The number of nitrogens with one attached hydrogen (secondary N) is 2. The van der Waals surface area contributed by atoms with Gasteiger partial charge in [-0.2, -0.15) is 0 Å². The van der Waals surface area contributed by atoms with Gasteiger partial charge in [-0.3, -0.25) is 0 Å². The highest BCUT2D eigenvalue weighted by atomic mass is 35.5. The molecule has 1 saturated heterocycles. The molecule has 152 valence electrons. The van der Waals surface area contributed by atoms with Crippen molar-refractivity contribution in [3.63, 3.8) is 0 Å². The lowest BCUT2D eigenvalue weighted by Crippen LogP contribution is -2.29. The van der Waals surface area contributed by atoms with E-state index in [0.29, 0.717) is 23.2 Å². The van der Waals surface area contributed by atoms with Gasteiger partial charge in [-0.1, -0.05) is 11.6 Å². The molecule has 0 aliphatic carbocycles. The zero-order chi connectivity index (χ0) is 20.1. The molecule has 1 aliphatic heterocycles. The molecule has 0 spiro atoms. The standard InChI is InChI=1S/C18H24ClN5O3S/c1-13-22-17(12-18(23-13)24-9-3-4-10-24)20-7-8-21-28(25,26)16-11-14(19)5-6-15(16)27-2/h5-6,11-12,21H,3-4,7-10H2,1-2H3,(H,20,22,23). The molecular weight excluding hydrogens is 402 g/mol. The molecule has 2 heterocycles. The van der Waals surface area contributed by atoms with Gasteiger partial charge in [-0.05, 0) is 38.0 Å². The Bertz CT molecular complexity index is 933. The third-order valence-electron chi connectivity index (χ3n) is 4.39. The lowest BCUT2D eigenvalue weighted by Gasteiger charge is -2.18. The van der Waals surface area contributed by atoms with Gasteiger partial charge in [-0.15, -0.1) is 0 Å². The number of aromatic nitrogens is 2. The molecule has 10 heteroatoms. The average Bonchev–Trinajstić information content (AvgIpc) is 3.20. The van der Waals surface area contributed by atoms with Gasteiger partial charge in [0, 0.05) is 37.3 Å². The van der Waals surface area contributed by atoms with E-state index < -0.39 is 10.0 Å². The molecule has 2 aromatic rings. The number of anilines is 2. The maximum Gasteiger partial charge on any atom is 0.244 e. The molecule has 1 fully saturated rings. The topological polar surface area (TPSA) is 96.5 Å². The summed E-state index contributed by atoms with van der Waals surface area (Å²) >= 11 is 5.93. The number of hydrogen-bond donors (Lipinski definition) is 2. The number of nitrogens with zero attached hydrogens (tertiary/aromatic N) is 3. The maximum absolute atomic E-state index is 12.5. The Labute approximate surface area is 170 Å². The van der Waals surface area contributed by atoms with E-state index in [1.54, 1.807) is 6.07 Å². The minimum Gasteiger partial charge on any atom is -0.495 e. The number of sulfonamides is 1. The Kier molecular flexibility index (Phi) is 6.58. The fourth-order valence-electron chi connectivity index (χ4n) is 3.06. The summed E-state index contributed by atoms with van der Waals surface area (Å²) in [5.74, 6) is 2.49. The van der Waals surface area contributed by atoms with Crippen LogP contribution in [-0.2, 0) is 10.0 Å². The second kappa shape index (κ2) is 8.93. The summed E-state index contributed by atoms with van der Waals surface area (Å²) in [5, 5.41) is 3.48. The molecule has 0 amide bonds. The van der Waals surface area contributed by atoms with Crippen LogP contribution in [0.2, 0.25) is 5.02 Å². The van der Waals surface area contributed by atoms with E-state index in [-0.39, 0.29) is 17.2 Å². The summed E-state index contributed by atoms with van der Waals surface area (Å²) < 4.78 is 32.8. The highest BCUT2D eigenvalue weighted by Gasteiger charge is 2.19. The van der Waals surface area contributed by atoms with Crippen LogP contribution in [0.25, 0.3) is 0 Å². The predicted octanol–water partition coefficient (Wildman–Crippen LogP) is 2.44.